The number of aromatic nitrogens is 3. The maximum Gasteiger partial charge on any atom is 0.222 e. The molecule has 1 aliphatic heterocycles. The van der Waals surface area contributed by atoms with Gasteiger partial charge in [0.1, 0.15) is 11.6 Å². The summed E-state index contributed by atoms with van der Waals surface area (Å²) in [7, 11) is 0. The molecule has 0 radical (unpaired) electrons. The molecule has 3 aromatic rings. The number of benzene rings is 1. The number of pyridine rings is 1. The van der Waals surface area contributed by atoms with Gasteiger partial charge in [-0.3, -0.25) is 4.79 Å². The van der Waals surface area contributed by atoms with Crippen molar-refractivity contribution in [3.63, 3.8) is 0 Å². The van der Waals surface area contributed by atoms with Gasteiger partial charge >= 0.3 is 0 Å². The molecule has 3 heterocycles. The SMILES string of the molecule is CC(=O)Nc1cc(-c2c(-c3ccc(F)cc3)[nH]c(=S)n2CCN2CCCCC2)ccn1. The van der Waals surface area contributed by atoms with Crippen molar-refractivity contribution in [1.82, 2.24) is 19.4 Å². The first kappa shape index (κ1) is 21.4. The molecule has 1 amide bonds. The average molecular weight is 440 g/mol. The molecule has 0 saturated carbocycles. The Morgan fingerprint density at radius 1 is 1.13 bits per heavy atom. The van der Waals surface area contributed by atoms with Crippen LogP contribution in [0.3, 0.4) is 0 Å². The van der Waals surface area contributed by atoms with Gasteiger partial charge in [-0.05, 0) is 74.5 Å². The molecule has 4 rings (SSSR count). The van der Waals surface area contributed by atoms with Crippen molar-refractivity contribution in [3.8, 4) is 22.5 Å². The minimum Gasteiger partial charge on any atom is -0.330 e. The van der Waals surface area contributed by atoms with Gasteiger partial charge < -0.3 is 19.8 Å². The molecule has 0 aliphatic carbocycles. The standard InChI is InChI=1S/C23H26FN5OS/c1-16(30)26-20-15-18(9-10-25-20)22-21(17-5-7-19(24)8-6-17)27-23(31)29(22)14-13-28-11-3-2-4-12-28/h5-10,15H,2-4,11-14H2,1H3,(H,27,31)(H,25,26,30). The van der Waals surface area contributed by atoms with Crippen LogP contribution in [0.25, 0.3) is 22.5 Å². The molecule has 31 heavy (non-hydrogen) atoms. The van der Waals surface area contributed by atoms with Crippen LogP contribution in [-0.2, 0) is 11.3 Å². The molecule has 1 aromatic carbocycles. The molecule has 0 unspecified atom stereocenters. The molecule has 162 valence electrons. The lowest BCUT2D eigenvalue weighted by Gasteiger charge is -2.26. The summed E-state index contributed by atoms with van der Waals surface area (Å²) in [5.41, 5.74) is 3.45. The second-order valence-corrected chi connectivity index (χ2v) is 8.21. The maximum atomic E-state index is 13.5. The number of hydrogen-bond acceptors (Lipinski definition) is 4. The molecule has 1 aliphatic rings. The summed E-state index contributed by atoms with van der Waals surface area (Å²) in [4.78, 5) is 21.5. The number of anilines is 1. The highest BCUT2D eigenvalue weighted by molar-refractivity contribution is 7.71. The van der Waals surface area contributed by atoms with Gasteiger partial charge in [0, 0.05) is 37.3 Å². The number of likely N-dealkylation sites (tertiary alicyclic amines) is 1. The summed E-state index contributed by atoms with van der Waals surface area (Å²) in [6.45, 7) is 5.32. The Kier molecular flexibility index (Phi) is 6.58. The van der Waals surface area contributed by atoms with Crippen molar-refractivity contribution >= 4 is 23.9 Å². The van der Waals surface area contributed by atoms with Gasteiger partial charge in [0.25, 0.3) is 0 Å². The molecule has 0 bridgehead atoms. The van der Waals surface area contributed by atoms with Gasteiger partial charge in [-0.2, -0.15) is 0 Å². The van der Waals surface area contributed by atoms with E-state index >= 15 is 0 Å². The number of nitrogens with one attached hydrogen (secondary N) is 2. The van der Waals surface area contributed by atoms with Crippen LogP contribution in [0, 0.1) is 10.6 Å². The van der Waals surface area contributed by atoms with Gasteiger partial charge in [0.05, 0.1) is 11.4 Å². The first-order valence-electron chi connectivity index (χ1n) is 10.6. The predicted octanol–water partition coefficient (Wildman–Crippen LogP) is 4.86. The fourth-order valence-corrected chi connectivity index (χ4v) is 4.34. The molecule has 1 saturated heterocycles. The van der Waals surface area contributed by atoms with Crippen LogP contribution in [0.2, 0.25) is 0 Å². The van der Waals surface area contributed by atoms with Crippen LogP contribution in [0.4, 0.5) is 10.2 Å². The highest BCUT2D eigenvalue weighted by Crippen LogP contribution is 2.33. The van der Waals surface area contributed by atoms with Crippen LogP contribution in [0.1, 0.15) is 26.2 Å². The number of imidazole rings is 1. The van der Waals surface area contributed by atoms with E-state index in [1.165, 1.54) is 38.3 Å². The minimum absolute atomic E-state index is 0.181. The highest BCUT2D eigenvalue weighted by atomic mass is 32.1. The van der Waals surface area contributed by atoms with Crippen molar-refractivity contribution in [1.29, 1.82) is 0 Å². The number of nitrogens with zero attached hydrogens (tertiary/aromatic N) is 3. The van der Waals surface area contributed by atoms with Crippen LogP contribution < -0.4 is 5.32 Å². The molecular formula is C23H26FN5OS. The molecule has 6 nitrogen and oxygen atoms in total. The van der Waals surface area contributed by atoms with E-state index in [0.29, 0.717) is 10.6 Å². The first-order valence-corrected chi connectivity index (χ1v) is 11.0. The quantitative estimate of drug-likeness (QED) is 0.539. The zero-order valence-corrected chi connectivity index (χ0v) is 18.3. The van der Waals surface area contributed by atoms with E-state index < -0.39 is 0 Å². The summed E-state index contributed by atoms with van der Waals surface area (Å²) in [5, 5.41) is 2.74. The number of amides is 1. The third kappa shape index (κ3) is 5.08. The molecular weight excluding hydrogens is 413 g/mol. The Bertz CT molecular complexity index is 1120. The van der Waals surface area contributed by atoms with E-state index in [1.807, 2.05) is 12.1 Å². The van der Waals surface area contributed by atoms with Gasteiger partial charge in [0.15, 0.2) is 4.77 Å². The van der Waals surface area contributed by atoms with E-state index in [0.717, 1.165) is 48.7 Å². The normalized spacial score (nSPS) is 14.5. The van der Waals surface area contributed by atoms with Crippen LogP contribution >= 0.6 is 12.2 Å². The van der Waals surface area contributed by atoms with Crippen molar-refractivity contribution < 1.29 is 9.18 Å². The van der Waals surface area contributed by atoms with E-state index in [-0.39, 0.29) is 11.7 Å². The Hall–Kier alpha value is -2.84. The first-order chi connectivity index (χ1) is 15.0. The van der Waals surface area contributed by atoms with E-state index in [2.05, 4.69) is 24.8 Å². The van der Waals surface area contributed by atoms with E-state index in [4.69, 9.17) is 12.2 Å². The van der Waals surface area contributed by atoms with Crippen LogP contribution in [0.15, 0.2) is 42.6 Å². The van der Waals surface area contributed by atoms with Crippen molar-refractivity contribution in [2.75, 3.05) is 25.0 Å². The van der Waals surface area contributed by atoms with Gasteiger partial charge in [-0.25, -0.2) is 9.37 Å². The van der Waals surface area contributed by atoms with E-state index in [1.54, 1.807) is 18.3 Å². The molecule has 2 aromatic heterocycles. The van der Waals surface area contributed by atoms with Crippen molar-refractivity contribution in [2.45, 2.75) is 32.7 Å². The topological polar surface area (TPSA) is 66.0 Å². The van der Waals surface area contributed by atoms with Crippen molar-refractivity contribution in [3.05, 3.63) is 53.2 Å². The number of hydrogen-bond donors (Lipinski definition) is 2. The second-order valence-electron chi connectivity index (χ2n) is 7.83. The summed E-state index contributed by atoms with van der Waals surface area (Å²) in [6, 6.07) is 10.1. The third-order valence-corrected chi connectivity index (χ3v) is 5.87. The number of rotatable bonds is 6. The number of aromatic amines is 1. The fourth-order valence-electron chi connectivity index (χ4n) is 4.06. The van der Waals surface area contributed by atoms with E-state index in [9.17, 15) is 9.18 Å². The summed E-state index contributed by atoms with van der Waals surface area (Å²) >= 11 is 5.69. The lowest BCUT2D eigenvalue weighted by atomic mass is 10.1. The van der Waals surface area contributed by atoms with Crippen molar-refractivity contribution in [2.24, 2.45) is 0 Å². The Morgan fingerprint density at radius 3 is 2.58 bits per heavy atom. The summed E-state index contributed by atoms with van der Waals surface area (Å²) < 4.78 is 16.2. The predicted molar refractivity (Wildman–Crippen MR) is 123 cm³/mol. The molecule has 1 fully saturated rings. The maximum absolute atomic E-state index is 13.5. The van der Waals surface area contributed by atoms with Gasteiger partial charge in [-0.1, -0.05) is 6.42 Å². The number of H-pyrrole nitrogens is 1. The molecule has 0 spiro atoms. The second kappa shape index (κ2) is 9.53. The smallest absolute Gasteiger partial charge is 0.222 e. The lowest BCUT2D eigenvalue weighted by Crippen LogP contribution is -2.32. The number of carbonyl (C=O) groups is 1. The molecule has 0 atom stereocenters. The lowest BCUT2D eigenvalue weighted by molar-refractivity contribution is -0.114. The van der Waals surface area contributed by atoms with Crippen LogP contribution in [-0.4, -0.2) is 45.0 Å². The summed E-state index contributed by atoms with van der Waals surface area (Å²) in [6.07, 6.45) is 5.43. The minimum atomic E-state index is -0.287. The monoisotopic (exact) mass is 439 g/mol. The summed E-state index contributed by atoms with van der Waals surface area (Å²) in [5.74, 6) is 0.00875. The molecule has 8 heteroatoms. The highest BCUT2D eigenvalue weighted by Gasteiger charge is 2.18. The van der Waals surface area contributed by atoms with Gasteiger partial charge in [-0.15, -0.1) is 0 Å². The fraction of sp³-hybridized carbons (Fsp3) is 0.348. The Labute approximate surface area is 186 Å². The Balaban J connectivity index is 1.76. The number of piperidine rings is 1. The third-order valence-electron chi connectivity index (χ3n) is 5.54. The average Bonchev–Trinajstić information content (AvgIpc) is 3.09. The van der Waals surface area contributed by atoms with Gasteiger partial charge in [0.2, 0.25) is 5.91 Å². The van der Waals surface area contributed by atoms with Crippen LogP contribution in [0.5, 0.6) is 0 Å². The zero-order chi connectivity index (χ0) is 21.8. The number of carbonyl (C=O) groups excluding carboxylic acids is 1. The largest absolute Gasteiger partial charge is 0.330 e. The molecule has 2 N–H and O–H groups in total. The Morgan fingerprint density at radius 2 is 1.87 bits per heavy atom. The zero-order valence-electron chi connectivity index (χ0n) is 17.5. The number of halogens is 1.